The number of hydrogen-bond donors (Lipinski definition) is 0. The maximum atomic E-state index is 12.0. The lowest BCUT2D eigenvalue weighted by atomic mass is 10.3. The Bertz CT molecular complexity index is 837. The number of aromatic nitrogens is 1. The monoisotopic (exact) mass is 354 g/mol. The standard InChI is InChI=1S/C19H18N2O3S/c22-19(21-11-3-4-12-21)24-15-9-7-14(8-10-15)23-13-18-20-16-5-1-2-6-17(16)25-18/h1-2,5-10H,3-4,11-13H2. The smallest absolute Gasteiger partial charge is 0.415 e. The van der Waals surface area contributed by atoms with Gasteiger partial charge in [-0.25, -0.2) is 9.78 Å². The number of carbonyl (C=O) groups is 1. The van der Waals surface area contributed by atoms with E-state index in [-0.39, 0.29) is 6.09 Å². The van der Waals surface area contributed by atoms with Gasteiger partial charge < -0.3 is 14.4 Å². The highest BCUT2D eigenvalue weighted by molar-refractivity contribution is 7.18. The summed E-state index contributed by atoms with van der Waals surface area (Å²) < 4.78 is 12.3. The molecule has 0 atom stereocenters. The van der Waals surface area contributed by atoms with Gasteiger partial charge in [0, 0.05) is 13.1 Å². The molecule has 0 N–H and O–H groups in total. The first-order valence-electron chi connectivity index (χ1n) is 8.32. The summed E-state index contributed by atoms with van der Waals surface area (Å²) in [5.74, 6) is 1.25. The zero-order valence-corrected chi connectivity index (χ0v) is 14.5. The minimum absolute atomic E-state index is 0.277. The second kappa shape index (κ2) is 7.11. The van der Waals surface area contributed by atoms with E-state index in [0.29, 0.717) is 12.4 Å². The summed E-state index contributed by atoms with van der Waals surface area (Å²) in [5, 5.41) is 0.936. The number of likely N-dealkylation sites (tertiary alicyclic amines) is 1. The molecule has 1 aromatic heterocycles. The summed E-state index contributed by atoms with van der Waals surface area (Å²) in [6.45, 7) is 1.98. The molecule has 1 saturated heterocycles. The topological polar surface area (TPSA) is 51.7 Å². The zero-order chi connectivity index (χ0) is 17.1. The number of benzene rings is 2. The van der Waals surface area contributed by atoms with Crippen LogP contribution in [0.25, 0.3) is 10.2 Å². The van der Waals surface area contributed by atoms with Gasteiger partial charge in [0.2, 0.25) is 0 Å². The van der Waals surface area contributed by atoms with Crippen LogP contribution in [0.2, 0.25) is 0 Å². The van der Waals surface area contributed by atoms with Gasteiger partial charge in [-0.2, -0.15) is 0 Å². The number of fused-ring (bicyclic) bond motifs is 1. The predicted octanol–water partition coefficient (Wildman–Crippen LogP) is 4.47. The van der Waals surface area contributed by atoms with Crippen LogP contribution in [0.1, 0.15) is 17.8 Å². The molecule has 0 aliphatic carbocycles. The van der Waals surface area contributed by atoms with Gasteiger partial charge in [0.1, 0.15) is 23.1 Å². The predicted molar refractivity (Wildman–Crippen MR) is 97.2 cm³/mol. The van der Waals surface area contributed by atoms with Gasteiger partial charge in [0.05, 0.1) is 10.2 Å². The molecule has 6 heteroatoms. The number of amides is 1. The van der Waals surface area contributed by atoms with Crippen LogP contribution in [-0.4, -0.2) is 29.1 Å². The number of hydrogen-bond acceptors (Lipinski definition) is 5. The van der Waals surface area contributed by atoms with Crippen LogP contribution in [0.5, 0.6) is 11.5 Å². The lowest BCUT2D eigenvalue weighted by Gasteiger charge is -2.14. The first kappa shape index (κ1) is 15.9. The quantitative estimate of drug-likeness (QED) is 0.694. The van der Waals surface area contributed by atoms with Crippen LogP contribution in [0.15, 0.2) is 48.5 Å². The minimum atomic E-state index is -0.277. The average molecular weight is 354 g/mol. The van der Waals surface area contributed by atoms with Gasteiger partial charge in [0.25, 0.3) is 0 Å². The van der Waals surface area contributed by atoms with Crippen molar-refractivity contribution in [3.8, 4) is 11.5 Å². The van der Waals surface area contributed by atoms with Gasteiger partial charge in [-0.3, -0.25) is 0 Å². The second-order valence-corrected chi connectivity index (χ2v) is 7.01. The van der Waals surface area contributed by atoms with E-state index in [4.69, 9.17) is 9.47 Å². The fourth-order valence-corrected chi connectivity index (χ4v) is 3.68. The van der Waals surface area contributed by atoms with Crippen molar-refractivity contribution in [1.82, 2.24) is 9.88 Å². The molecule has 0 saturated carbocycles. The molecular formula is C19H18N2O3S. The fourth-order valence-electron chi connectivity index (χ4n) is 2.80. The third kappa shape index (κ3) is 3.74. The average Bonchev–Trinajstić information content (AvgIpc) is 3.30. The Kier molecular flexibility index (Phi) is 4.52. The normalized spacial score (nSPS) is 14.0. The van der Waals surface area contributed by atoms with Gasteiger partial charge in [-0.1, -0.05) is 12.1 Å². The Labute approximate surface area is 149 Å². The molecule has 5 nitrogen and oxygen atoms in total. The highest BCUT2D eigenvalue weighted by Crippen LogP contribution is 2.24. The maximum absolute atomic E-state index is 12.0. The van der Waals surface area contributed by atoms with Crippen molar-refractivity contribution in [2.24, 2.45) is 0 Å². The highest BCUT2D eigenvalue weighted by atomic mass is 32.1. The molecule has 0 unspecified atom stereocenters. The van der Waals surface area contributed by atoms with Crippen molar-refractivity contribution in [2.45, 2.75) is 19.4 Å². The number of carbonyl (C=O) groups excluding carboxylic acids is 1. The summed E-state index contributed by atoms with van der Waals surface area (Å²) in [4.78, 5) is 18.2. The molecule has 128 valence electrons. The van der Waals surface area contributed by atoms with E-state index < -0.39 is 0 Å². The summed E-state index contributed by atoms with van der Waals surface area (Å²) in [5.41, 5.74) is 0.996. The number of para-hydroxylation sites is 1. The lowest BCUT2D eigenvalue weighted by molar-refractivity contribution is 0.162. The number of thiazole rings is 1. The number of ether oxygens (including phenoxy) is 2. The van der Waals surface area contributed by atoms with Crippen LogP contribution in [0.4, 0.5) is 4.79 Å². The first-order chi connectivity index (χ1) is 12.3. The van der Waals surface area contributed by atoms with Gasteiger partial charge in [0.15, 0.2) is 0 Å². The first-order valence-corrected chi connectivity index (χ1v) is 9.14. The SMILES string of the molecule is O=C(Oc1ccc(OCc2nc3ccccc3s2)cc1)N1CCCC1. The molecule has 25 heavy (non-hydrogen) atoms. The Morgan fingerprint density at radius 1 is 1.04 bits per heavy atom. The molecule has 1 aliphatic rings. The van der Waals surface area contributed by atoms with E-state index in [0.717, 1.165) is 46.9 Å². The molecule has 1 fully saturated rings. The molecule has 1 amide bonds. The minimum Gasteiger partial charge on any atom is -0.486 e. The molecule has 1 aliphatic heterocycles. The lowest BCUT2D eigenvalue weighted by Crippen LogP contribution is -2.30. The Balaban J connectivity index is 1.34. The molecule has 3 aromatic rings. The van der Waals surface area contributed by atoms with Crippen molar-refractivity contribution in [1.29, 1.82) is 0 Å². The van der Waals surface area contributed by atoms with E-state index >= 15 is 0 Å². The van der Waals surface area contributed by atoms with E-state index in [1.165, 1.54) is 0 Å². The van der Waals surface area contributed by atoms with Gasteiger partial charge in [-0.15, -0.1) is 11.3 Å². The van der Waals surface area contributed by atoms with Crippen molar-refractivity contribution >= 4 is 27.6 Å². The second-order valence-electron chi connectivity index (χ2n) is 5.90. The van der Waals surface area contributed by atoms with Crippen LogP contribution < -0.4 is 9.47 Å². The van der Waals surface area contributed by atoms with Crippen molar-refractivity contribution in [2.75, 3.05) is 13.1 Å². The van der Waals surface area contributed by atoms with Gasteiger partial charge in [-0.05, 0) is 49.2 Å². The third-order valence-corrected chi connectivity index (χ3v) is 5.10. The fraction of sp³-hybridized carbons (Fsp3) is 0.263. The third-order valence-electron chi connectivity index (χ3n) is 4.09. The largest absolute Gasteiger partial charge is 0.486 e. The summed E-state index contributed by atoms with van der Waals surface area (Å²) in [7, 11) is 0. The van der Waals surface area contributed by atoms with E-state index in [1.54, 1.807) is 40.5 Å². The van der Waals surface area contributed by atoms with Crippen molar-refractivity contribution < 1.29 is 14.3 Å². The Morgan fingerprint density at radius 2 is 1.76 bits per heavy atom. The van der Waals surface area contributed by atoms with E-state index in [9.17, 15) is 4.79 Å². The molecular weight excluding hydrogens is 336 g/mol. The maximum Gasteiger partial charge on any atom is 0.415 e. The van der Waals surface area contributed by atoms with Crippen LogP contribution in [0, 0.1) is 0 Å². The van der Waals surface area contributed by atoms with E-state index in [2.05, 4.69) is 11.1 Å². The van der Waals surface area contributed by atoms with Crippen LogP contribution in [0.3, 0.4) is 0 Å². The highest BCUT2D eigenvalue weighted by Gasteiger charge is 2.19. The molecule has 0 spiro atoms. The Morgan fingerprint density at radius 3 is 2.52 bits per heavy atom. The van der Waals surface area contributed by atoms with Crippen molar-refractivity contribution in [3.05, 3.63) is 53.5 Å². The van der Waals surface area contributed by atoms with Gasteiger partial charge >= 0.3 is 6.09 Å². The Hall–Kier alpha value is -2.60. The van der Waals surface area contributed by atoms with Crippen LogP contribution in [-0.2, 0) is 6.61 Å². The van der Waals surface area contributed by atoms with Crippen molar-refractivity contribution in [3.63, 3.8) is 0 Å². The molecule has 0 bridgehead atoms. The zero-order valence-electron chi connectivity index (χ0n) is 13.7. The molecule has 2 aromatic carbocycles. The summed E-state index contributed by atoms with van der Waals surface area (Å²) >= 11 is 1.63. The summed E-state index contributed by atoms with van der Waals surface area (Å²) in [6.07, 6.45) is 1.82. The number of rotatable bonds is 4. The molecule has 2 heterocycles. The molecule has 4 rings (SSSR count). The summed E-state index contributed by atoms with van der Waals surface area (Å²) in [6, 6.07) is 15.2. The number of nitrogens with zero attached hydrogens (tertiary/aromatic N) is 2. The van der Waals surface area contributed by atoms with Crippen LogP contribution >= 0.6 is 11.3 Å². The molecule has 0 radical (unpaired) electrons. The van der Waals surface area contributed by atoms with E-state index in [1.807, 2.05) is 18.2 Å².